The minimum absolute atomic E-state index is 0.0784. The molecule has 1 atom stereocenters. The highest BCUT2D eigenvalue weighted by atomic mass is 16.5. The molecule has 1 fully saturated rings. The first kappa shape index (κ1) is 21.8. The van der Waals surface area contributed by atoms with Gasteiger partial charge in [-0.1, -0.05) is 30.3 Å². The number of rotatable bonds is 6. The van der Waals surface area contributed by atoms with Gasteiger partial charge >= 0.3 is 5.97 Å². The molecule has 1 unspecified atom stereocenters. The molecule has 0 aliphatic carbocycles. The smallest absolute Gasteiger partial charge is 0.307 e. The molecular weight excluding hydrogens is 424 g/mol. The van der Waals surface area contributed by atoms with Crippen LogP contribution in [0.15, 0.2) is 78.6 Å². The van der Waals surface area contributed by atoms with Crippen molar-refractivity contribution >= 4 is 29.1 Å². The van der Waals surface area contributed by atoms with Crippen molar-refractivity contribution in [2.45, 2.75) is 12.5 Å². The maximum absolute atomic E-state index is 13.2. The fraction of sp³-hybridized carbons (Fsp3) is 0.120. The minimum Gasteiger partial charge on any atom is -0.507 e. The SMILES string of the molecule is COc1ccccc1C1/C(=C(/O)c2ccncc2)C(=O)C(=O)N1c1ccc(CC(=O)O)cc1. The van der Waals surface area contributed by atoms with Gasteiger partial charge in [-0.25, -0.2) is 0 Å². The van der Waals surface area contributed by atoms with Gasteiger partial charge in [0.1, 0.15) is 11.5 Å². The molecule has 2 aromatic carbocycles. The first-order chi connectivity index (χ1) is 15.9. The summed E-state index contributed by atoms with van der Waals surface area (Å²) < 4.78 is 5.48. The number of para-hydroxylation sites is 1. The molecule has 0 bridgehead atoms. The molecular formula is C25H20N2O6. The summed E-state index contributed by atoms with van der Waals surface area (Å²) in [6.07, 6.45) is 2.78. The zero-order chi connectivity index (χ0) is 23.5. The van der Waals surface area contributed by atoms with Gasteiger partial charge in [-0.3, -0.25) is 24.3 Å². The molecule has 4 rings (SSSR count). The number of carboxylic acids is 1. The Morgan fingerprint density at radius 1 is 1.00 bits per heavy atom. The Morgan fingerprint density at radius 2 is 1.67 bits per heavy atom. The summed E-state index contributed by atoms with van der Waals surface area (Å²) in [5, 5.41) is 20.1. The second-order valence-electron chi connectivity index (χ2n) is 7.38. The van der Waals surface area contributed by atoms with Gasteiger partial charge in [0.15, 0.2) is 0 Å². The van der Waals surface area contributed by atoms with E-state index >= 15 is 0 Å². The largest absolute Gasteiger partial charge is 0.507 e. The number of carbonyl (C=O) groups is 3. The first-order valence-electron chi connectivity index (χ1n) is 10.1. The number of ketones is 1. The van der Waals surface area contributed by atoms with Crippen LogP contribution >= 0.6 is 0 Å². The molecule has 8 heteroatoms. The van der Waals surface area contributed by atoms with Crippen LogP contribution in [0.5, 0.6) is 5.75 Å². The molecule has 33 heavy (non-hydrogen) atoms. The number of aromatic nitrogens is 1. The number of carboxylic acid groups (broad SMARTS) is 1. The van der Waals surface area contributed by atoms with Crippen LogP contribution in [-0.2, 0) is 20.8 Å². The molecule has 0 spiro atoms. The Morgan fingerprint density at radius 3 is 2.30 bits per heavy atom. The fourth-order valence-electron chi connectivity index (χ4n) is 3.90. The third-order valence-electron chi connectivity index (χ3n) is 5.40. The average molecular weight is 444 g/mol. The number of amides is 1. The molecule has 1 amide bonds. The number of carbonyl (C=O) groups excluding carboxylic acids is 2. The lowest BCUT2D eigenvalue weighted by Gasteiger charge is -2.26. The molecule has 166 valence electrons. The number of ether oxygens (including phenoxy) is 1. The van der Waals surface area contributed by atoms with Crippen molar-refractivity contribution in [3.05, 3.63) is 95.3 Å². The predicted octanol–water partition coefficient (Wildman–Crippen LogP) is 3.34. The van der Waals surface area contributed by atoms with E-state index in [1.165, 1.54) is 24.4 Å². The highest BCUT2D eigenvalue weighted by Gasteiger charge is 2.47. The van der Waals surface area contributed by atoms with Crippen molar-refractivity contribution < 1.29 is 29.3 Å². The van der Waals surface area contributed by atoms with Gasteiger partial charge in [0.05, 0.1) is 25.1 Å². The standard InChI is InChI=1S/C25H20N2O6/c1-33-19-5-3-2-4-18(19)22-21(23(30)16-10-12-26-13-11-16)24(31)25(32)27(22)17-8-6-15(7-9-17)14-20(28)29/h2-13,22,30H,14H2,1H3,(H,28,29)/b23-21-. The van der Waals surface area contributed by atoms with Gasteiger partial charge in [0.2, 0.25) is 0 Å². The summed E-state index contributed by atoms with van der Waals surface area (Å²) in [5.74, 6) is -2.51. The number of benzene rings is 2. The van der Waals surface area contributed by atoms with Gasteiger partial charge in [-0.15, -0.1) is 0 Å². The van der Waals surface area contributed by atoms with Crippen LogP contribution in [0.1, 0.15) is 22.7 Å². The number of Topliss-reactive ketones (excluding diaryl/α,β-unsaturated/α-hetero) is 1. The normalized spacial score (nSPS) is 17.2. The van der Waals surface area contributed by atoms with Crippen molar-refractivity contribution in [1.82, 2.24) is 4.98 Å². The van der Waals surface area contributed by atoms with E-state index in [1.54, 1.807) is 60.7 Å². The Balaban J connectivity index is 1.91. The van der Waals surface area contributed by atoms with Crippen LogP contribution in [0, 0.1) is 0 Å². The number of aliphatic carboxylic acids is 1. The third kappa shape index (κ3) is 4.06. The van der Waals surface area contributed by atoms with E-state index in [4.69, 9.17) is 9.84 Å². The summed E-state index contributed by atoms with van der Waals surface area (Å²) in [6, 6.07) is 15.4. The number of hydrogen-bond acceptors (Lipinski definition) is 6. The predicted molar refractivity (Wildman–Crippen MR) is 120 cm³/mol. The maximum atomic E-state index is 13.2. The zero-order valence-corrected chi connectivity index (χ0v) is 17.6. The topological polar surface area (TPSA) is 117 Å². The molecule has 1 aliphatic rings. The van der Waals surface area contributed by atoms with Crippen LogP contribution in [0.25, 0.3) is 5.76 Å². The maximum Gasteiger partial charge on any atom is 0.307 e. The van der Waals surface area contributed by atoms with E-state index in [-0.39, 0.29) is 17.8 Å². The van der Waals surface area contributed by atoms with Gasteiger partial charge in [0, 0.05) is 29.2 Å². The summed E-state index contributed by atoms with van der Waals surface area (Å²) in [6.45, 7) is 0. The van der Waals surface area contributed by atoms with E-state index in [2.05, 4.69) is 4.98 Å². The number of aliphatic hydroxyl groups excluding tert-OH is 1. The zero-order valence-electron chi connectivity index (χ0n) is 17.6. The fourth-order valence-corrected chi connectivity index (χ4v) is 3.90. The van der Waals surface area contributed by atoms with E-state index in [9.17, 15) is 19.5 Å². The van der Waals surface area contributed by atoms with Crippen LogP contribution < -0.4 is 9.64 Å². The molecule has 3 aromatic rings. The first-order valence-corrected chi connectivity index (χ1v) is 10.1. The minimum atomic E-state index is -0.977. The van der Waals surface area contributed by atoms with Crippen molar-refractivity contribution in [3.63, 3.8) is 0 Å². The number of methoxy groups -OCH3 is 1. The van der Waals surface area contributed by atoms with Crippen LogP contribution in [0.2, 0.25) is 0 Å². The molecule has 0 radical (unpaired) electrons. The molecule has 1 aromatic heterocycles. The molecule has 1 saturated heterocycles. The summed E-state index contributed by atoms with van der Waals surface area (Å²) >= 11 is 0. The van der Waals surface area contributed by atoms with E-state index < -0.39 is 23.7 Å². The summed E-state index contributed by atoms with van der Waals surface area (Å²) in [4.78, 5) is 42.6. The molecule has 1 aliphatic heterocycles. The molecule has 8 nitrogen and oxygen atoms in total. The Hall–Kier alpha value is -4.46. The Bertz CT molecular complexity index is 1250. The van der Waals surface area contributed by atoms with E-state index in [0.717, 1.165) is 0 Å². The van der Waals surface area contributed by atoms with Crippen LogP contribution in [-0.4, -0.2) is 40.0 Å². The van der Waals surface area contributed by atoms with Gasteiger partial charge < -0.3 is 14.9 Å². The van der Waals surface area contributed by atoms with Gasteiger partial charge in [-0.05, 0) is 35.9 Å². The molecule has 0 saturated carbocycles. The van der Waals surface area contributed by atoms with E-state index in [0.29, 0.717) is 28.1 Å². The number of anilines is 1. The Kier molecular flexibility index (Phi) is 5.91. The third-order valence-corrected chi connectivity index (χ3v) is 5.40. The second kappa shape index (κ2) is 8.96. The molecule has 2 N–H and O–H groups in total. The van der Waals surface area contributed by atoms with Gasteiger partial charge in [0.25, 0.3) is 11.7 Å². The Labute approximate surface area is 189 Å². The summed E-state index contributed by atoms with van der Waals surface area (Å²) in [7, 11) is 1.48. The number of hydrogen-bond donors (Lipinski definition) is 2. The number of aliphatic hydroxyl groups is 1. The van der Waals surface area contributed by atoms with Crippen molar-refractivity contribution in [2.75, 3.05) is 12.0 Å². The summed E-state index contributed by atoms with van der Waals surface area (Å²) in [5.41, 5.74) is 1.72. The average Bonchev–Trinajstić information content (AvgIpc) is 3.09. The lowest BCUT2D eigenvalue weighted by atomic mass is 9.94. The number of pyridine rings is 1. The highest BCUT2D eigenvalue weighted by Crippen LogP contribution is 2.44. The number of nitrogens with zero attached hydrogens (tertiary/aromatic N) is 2. The monoisotopic (exact) mass is 444 g/mol. The lowest BCUT2D eigenvalue weighted by Crippen LogP contribution is -2.29. The van der Waals surface area contributed by atoms with Gasteiger partial charge in [-0.2, -0.15) is 0 Å². The van der Waals surface area contributed by atoms with E-state index in [1.807, 2.05) is 0 Å². The molecule has 2 heterocycles. The highest BCUT2D eigenvalue weighted by molar-refractivity contribution is 6.51. The van der Waals surface area contributed by atoms with Crippen molar-refractivity contribution in [3.8, 4) is 5.75 Å². The van der Waals surface area contributed by atoms with Crippen molar-refractivity contribution in [1.29, 1.82) is 0 Å². The van der Waals surface area contributed by atoms with Crippen LogP contribution in [0.4, 0.5) is 5.69 Å². The van der Waals surface area contributed by atoms with Crippen molar-refractivity contribution in [2.24, 2.45) is 0 Å². The lowest BCUT2D eigenvalue weighted by molar-refractivity contribution is -0.136. The second-order valence-corrected chi connectivity index (χ2v) is 7.38. The quantitative estimate of drug-likeness (QED) is 0.340. The van der Waals surface area contributed by atoms with Crippen LogP contribution in [0.3, 0.4) is 0 Å².